The van der Waals surface area contributed by atoms with Gasteiger partial charge in [-0.05, 0) is 32.6 Å². The molecular weight excluding hydrogens is 184 g/mol. The van der Waals surface area contributed by atoms with E-state index in [1.54, 1.807) is 0 Å². The van der Waals surface area contributed by atoms with Gasteiger partial charge in [-0.1, -0.05) is 12.8 Å². The van der Waals surface area contributed by atoms with E-state index in [-0.39, 0.29) is 0 Å². The molecule has 0 amide bonds. The van der Waals surface area contributed by atoms with Gasteiger partial charge in [0.25, 0.3) is 0 Å². The molecular formula is C13H24N2. The van der Waals surface area contributed by atoms with Crippen LogP contribution in [-0.2, 0) is 0 Å². The fourth-order valence-electron chi connectivity index (χ4n) is 2.41. The van der Waals surface area contributed by atoms with Crippen LogP contribution in [0.3, 0.4) is 0 Å². The lowest BCUT2D eigenvalue weighted by Gasteiger charge is -2.40. The van der Waals surface area contributed by atoms with Crippen molar-refractivity contribution in [2.75, 3.05) is 19.6 Å². The Balaban J connectivity index is 2.36. The molecule has 0 bridgehead atoms. The Morgan fingerprint density at radius 1 is 1.47 bits per heavy atom. The summed E-state index contributed by atoms with van der Waals surface area (Å²) in [5, 5.41) is 3.29. The third-order valence-electron chi connectivity index (χ3n) is 3.40. The first-order chi connectivity index (χ1) is 7.15. The van der Waals surface area contributed by atoms with E-state index in [0.29, 0.717) is 12.6 Å². The van der Waals surface area contributed by atoms with Crippen LogP contribution in [0.25, 0.3) is 0 Å². The Morgan fingerprint density at radius 3 is 2.87 bits per heavy atom. The van der Waals surface area contributed by atoms with Gasteiger partial charge in [0.1, 0.15) is 0 Å². The van der Waals surface area contributed by atoms with E-state index < -0.39 is 0 Å². The number of nitrogens with one attached hydrogen (secondary N) is 1. The van der Waals surface area contributed by atoms with Gasteiger partial charge in [-0.25, -0.2) is 0 Å². The second-order valence-corrected chi connectivity index (χ2v) is 4.91. The first-order valence-corrected chi connectivity index (χ1v) is 6.05. The summed E-state index contributed by atoms with van der Waals surface area (Å²) in [5.41, 5.74) is 0. The quantitative estimate of drug-likeness (QED) is 0.559. The van der Waals surface area contributed by atoms with Crippen LogP contribution >= 0.6 is 0 Å². The lowest BCUT2D eigenvalue weighted by Crippen LogP contribution is -2.49. The van der Waals surface area contributed by atoms with Crippen molar-refractivity contribution in [3.05, 3.63) is 0 Å². The zero-order chi connectivity index (χ0) is 11.3. The molecule has 2 heteroatoms. The lowest BCUT2D eigenvalue weighted by molar-refractivity contribution is 0.0846. The summed E-state index contributed by atoms with van der Waals surface area (Å²) in [5.74, 6) is 3.46. The second kappa shape index (κ2) is 6.15. The van der Waals surface area contributed by atoms with Crippen LogP contribution in [0.2, 0.25) is 0 Å². The molecule has 2 nitrogen and oxygen atoms in total. The van der Waals surface area contributed by atoms with Crippen molar-refractivity contribution < 1.29 is 0 Å². The highest BCUT2D eigenvalue weighted by Crippen LogP contribution is 2.22. The molecule has 1 aliphatic heterocycles. The molecule has 0 aromatic heterocycles. The number of likely N-dealkylation sites (tertiary alicyclic amines) is 1. The molecule has 1 heterocycles. The first-order valence-electron chi connectivity index (χ1n) is 6.05. The highest BCUT2D eigenvalue weighted by atomic mass is 15.2. The lowest BCUT2D eigenvalue weighted by atomic mass is 9.93. The van der Waals surface area contributed by atoms with Crippen LogP contribution in [0, 0.1) is 18.3 Å². The predicted molar refractivity (Wildman–Crippen MR) is 65.7 cm³/mol. The van der Waals surface area contributed by atoms with Crippen LogP contribution in [-0.4, -0.2) is 36.6 Å². The van der Waals surface area contributed by atoms with Crippen molar-refractivity contribution in [1.82, 2.24) is 10.2 Å². The van der Waals surface area contributed by atoms with E-state index in [9.17, 15) is 0 Å². The zero-order valence-corrected chi connectivity index (χ0v) is 10.3. The van der Waals surface area contributed by atoms with Crippen LogP contribution < -0.4 is 5.32 Å². The minimum Gasteiger partial charge on any atom is -0.305 e. The number of piperidine rings is 1. The molecule has 0 saturated carbocycles. The number of hydrogen-bond acceptors (Lipinski definition) is 2. The summed E-state index contributed by atoms with van der Waals surface area (Å²) in [6, 6.07) is 1.32. The van der Waals surface area contributed by atoms with Crippen molar-refractivity contribution >= 4 is 0 Å². The Morgan fingerprint density at radius 2 is 2.20 bits per heavy atom. The molecule has 1 aliphatic rings. The second-order valence-electron chi connectivity index (χ2n) is 4.91. The van der Waals surface area contributed by atoms with Crippen LogP contribution in [0.5, 0.6) is 0 Å². The maximum absolute atomic E-state index is 5.22. The standard InChI is InChI=1S/C13H24N2/c1-5-8-14-9-13(4)15-10-11(2)6-7-12(15)3/h1,11-14H,6-10H2,2-4H3. The van der Waals surface area contributed by atoms with Crippen molar-refractivity contribution in [2.24, 2.45) is 5.92 Å². The van der Waals surface area contributed by atoms with Gasteiger partial charge in [-0.3, -0.25) is 4.90 Å². The minimum absolute atomic E-state index is 0.594. The molecule has 15 heavy (non-hydrogen) atoms. The average Bonchev–Trinajstić information content (AvgIpc) is 2.22. The molecule has 1 N–H and O–H groups in total. The summed E-state index contributed by atoms with van der Waals surface area (Å²) < 4.78 is 0. The number of terminal acetylenes is 1. The topological polar surface area (TPSA) is 15.3 Å². The molecule has 0 aromatic carbocycles. The maximum atomic E-state index is 5.22. The molecule has 0 radical (unpaired) electrons. The monoisotopic (exact) mass is 208 g/mol. The van der Waals surface area contributed by atoms with Crippen LogP contribution in [0.1, 0.15) is 33.6 Å². The number of rotatable bonds is 4. The molecule has 3 atom stereocenters. The van der Waals surface area contributed by atoms with Gasteiger partial charge >= 0.3 is 0 Å². The van der Waals surface area contributed by atoms with Crippen LogP contribution in [0.4, 0.5) is 0 Å². The van der Waals surface area contributed by atoms with Gasteiger partial charge in [0.05, 0.1) is 6.54 Å². The van der Waals surface area contributed by atoms with Crippen molar-refractivity contribution in [3.8, 4) is 12.3 Å². The van der Waals surface area contributed by atoms with Gasteiger partial charge in [-0.2, -0.15) is 0 Å². The third-order valence-corrected chi connectivity index (χ3v) is 3.40. The fraction of sp³-hybridized carbons (Fsp3) is 0.846. The molecule has 3 unspecified atom stereocenters. The van der Waals surface area contributed by atoms with Gasteiger partial charge in [0, 0.05) is 25.2 Å². The van der Waals surface area contributed by atoms with Crippen molar-refractivity contribution in [3.63, 3.8) is 0 Å². The fourth-order valence-corrected chi connectivity index (χ4v) is 2.41. The van der Waals surface area contributed by atoms with E-state index in [2.05, 4.69) is 36.9 Å². The molecule has 0 aromatic rings. The summed E-state index contributed by atoms with van der Waals surface area (Å²) in [7, 11) is 0. The van der Waals surface area contributed by atoms with Gasteiger partial charge in [0.15, 0.2) is 0 Å². The zero-order valence-electron chi connectivity index (χ0n) is 10.3. The molecule has 1 saturated heterocycles. The first kappa shape index (κ1) is 12.5. The summed E-state index contributed by atoms with van der Waals surface area (Å²) in [6.07, 6.45) is 7.93. The summed E-state index contributed by atoms with van der Waals surface area (Å²) in [6.45, 7) is 9.89. The van der Waals surface area contributed by atoms with Gasteiger partial charge in [-0.15, -0.1) is 6.42 Å². The average molecular weight is 208 g/mol. The Bertz CT molecular complexity index is 219. The summed E-state index contributed by atoms with van der Waals surface area (Å²) in [4.78, 5) is 2.61. The van der Waals surface area contributed by atoms with E-state index in [4.69, 9.17) is 6.42 Å². The SMILES string of the molecule is C#CCNCC(C)N1CC(C)CCC1C. The Kier molecular flexibility index (Phi) is 5.14. The van der Waals surface area contributed by atoms with Crippen molar-refractivity contribution in [2.45, 2.75) is 45.7 Å². The van der Waals surface area contributed by atoms with Gasteiger partial charge < -0.3 is 5.32 Å². The number of nitrogens with zero attached hydrogens (tertiary/aromatic N) is 1. The Hall–Kier alpha value is -0.520. The molecule has 0 spiro atoms. The maximum Gasteiger partial charge on any atom is 0.0574 e. The summed E-state index contributed by atoms with van der Waals surface area (Å²) >= 11 is 0. The van der Waals surface area contributed by atoms with Crippen molar-refractivity contribution in [1.29, 1.82) is 0 Å². The largest absolute Gasteiger partial charge is 0.305 e. The minimum atomic E-state index is 0.594. The van der Waals surface area contributed by atoms with E-state index >= 15 is 0 Å². The molecule has 0 aliphatic carbocycles. The van der Waals surface area contributed by atoms with E-state index in [1.165, 1.54) is 19.4 Å². The normalized spacial score (nSPS) is 29.7. The van der Waals surface area contributed by atoms with E-state index in [1.807, 2.05) is 0 Å². The highest BCUT2D eigenvalue weighted by molar-refractivity contribution is 4.88. The smallest absolute Gasteiger partial charge is 0.0574 e. The third kappa shape index (κ3) is 3.85. The molecule has 1 fully saturated rings. The van der Waals surface area contributed by atoms with Gasteiger partial charge in [0.2, 0.25) is 0 Å². The predicted octanol–water partition coefficient (Wildman–Crippen LogP) is 1.72. The van der Waals surface area contributed by atoms with Crippen LogP contribution in [0.15, 0.2) is 0 Å². The highest BCUT2D eigenvalue weighted by Gasteiger charge is 2.26. The van der Waals surface area contributed by atoms with E-state index in [0.717, 1.165) is 18.5 Å². The number of hydrogen-bond donors (Lipinski definition) is 1. The molecule has 1 rings (SSSR count). The molecule has 86 valence electrons. The Labute approximate surface area is 94.4 Å².